The zero-order valence-corrected chi connectivity index (χ0v) is 19.7. The van der Waals surface area contributed by atoms with Gasteiger partial charge in [0, 0.05) is 19.6 Å². The third-order valence-corrected chi connectivity index (χ3v) is 7.84. The number of carbonyl (C=O) groups excluding carboxylic acids is 1. The molecule has 31 heavy (non-hydrogen) atoms. The lowest BCUT2D eigenvalue weighted by Crippen LogP contribution is -2.31. The van der Waals surface area contributed by atoms with Gasteiger partial charge in [-0.2, -0.15) is 4.31 Å². The number of nitrogens with one attached hydrogen (secondary N) is 1. The Kier molecular flexibility index (Phi) is 8.22. The quantitative estimate of drug-likeness (QED) is 0.625. The second-order valence-corrected chi connectivity index (χ2v) is 10.2. The normalized spacial score (nSPS) is 15.3. The summed E-state index contributed by atoms with van der Waals surface area (Å²) in [5.41, 5.74) is 1.11. The fourth-order valence-corrected chi connectivity index (χ4v) is 5.60. The van der Waals surface area contributed by atoms with Crippen molar-refractivity contribution in [2.45, 2.75) is 37.0 Å². The van der Waals surface area contributed by atoms with Gasteiger partial charge in [-0.1, -0.05) is 48.2 Å². The molecule has 0 atom stereocenters. The van der Waals surface area contributed by atoms with E-state index in [-0.39, 0.29) is 22.2 Å². The first-order valence-electron chi connectivity index (χ1n) is 10.2. The van der Waals surface area contributed by atoms with Gasteiger partial charge in [0.05, 0.1) is 22.1 Å². The van der Waals surface area contributed by atoms with Gasteiger partial charge in [0.1, 0.15) is 5.56 Å². The number of benzene rings is 2. The van der Waals surface area contributed by atoms with E-state index in [0.29, 0.717) is 36.0 Å². The molecule has 0 bridgehead atoms. The molecule has 1 saturated heterocycles. The molecule has 1 aliphatic heterocycles. The molecule has 0 saturated carbocycles. The van der Waals surface area contributed by atoms with Crippen molar-refractivity contribution in [1.82, 2.24) is 9.62 Å². The molecular formula is C22H26Cl2N2O4S. The molecule has 0 spiro atoms. The Labute approximate surface area is 193 Å². The summed E-state index contributed by atoms with van der Waals surface area (Å²) in [4.78, 5) is 12.9. The number of hydrogen-bond donors (Lipinski definition) is 1. The lowest BCUT2D eigenvalue weighted by atomic mass is 10.1. The molecule has 1 N–H and O–H groups in total. The first-order valence-corrected chi connectivity index (χ1v) is 12.4. The van der Waals surface area contributed by atoms with Crippen LogP contribution in [0.25, 0.3) is 0 Å². The van der Waals surface area contributed by atoms with E-state index in [1.807, 2.05) is 0 Å². The summed E-state index contributed by atoms with van der Waals surface area (Å²) in [5, 5.41) is 3.36. The molecule has 2 aromatic carbocycles. The largest absolute Gasteiger partial charge is 0.494 e. The van der Waals surface area contributed by atoms with Crippen LogP contribution < -0.4 is 10.1 Å². The van der Waals surface area contributed by atoms with Crippen LogP contribution in [0.3, 0.4) is 0 Å². The van der Waals surface area contributed by atoms with Crippen molar-refractivity contribution in [1.29, 1.82) is 0 Å². The molecule has 1 heterocycles. The van der Waals surface area contributed by atoms with Crippen LogP contribution in [0, 0.1) is 0 Å². The maximum Gasteiger partial charge on any atom is 0.256 e. The van der Waals surface area contributed by atoms with Gasteiger partial charge in [0.15, 0.2) is 5.75 Å². The van der Waals surface area contributed by atoms with E-state index in [1.165, 1.54) is 7.11 Å². The molecule has 6 nitrogen and oxygen atoms in total. The molecule has 0 radical (unpaired) electrons. The Balaban J connectivity index is 1.61. The molecule has 2 aromatic rings. The number of sulfonamides is 1. The van der Waals surface area contributed by atoms with Crippen molar-refractivity contribution >= 4 is 39.1 Å². The van der Waals surface area contributed by atoms with E-state index in [9.17, 15) is 13.2 Å². The van der Waals surface area contributed by atoms with E-state index in [1.54, 1.807) is 40.7 Å². The average molecular weight is 485 g/mol. The fourth-order valence-electron chi connectivity index (χ4n) is 3.61. The first-order chi connectivity index (χ1) is 14.8. The van der Waals surface area contributed by atoms with Gasteiger partial charge >= 0.3 is 0 Å². The first kappa shape index (κ1) is 23.9. The monoisotopic (exact) mass is 484 g/mol. The van der Waals surface area contributed by atoms with Crippen molar-refractivity contribution in [3.63, 3.8) is 0 Å². The third-order valence-electron chi connectivity index (χ3n) is 5.32. The molecule has 168 valence electrons. The Hall–Kier alpha value is -1.80. The van der Waals surface area contributed by atoms with Crippen molar-refractivity contribution in [3.05, 3.63) is 57.6 Å². The predicted octanol–water partition coefficient (Wildman–Crippen LogP) is 4.54. The molecule has 0 aromatic heterocycles. The average Bonchev–Trinajstić information content (AvgIpc) is 3.05. The summed E-state index contributed by atoms with van der Waals surface area (Å²) < 4.78 is 32.5. The van der Waals surface area contributed by atoms with Crippen LogP contribution in [-0.4, -0.2) is 45.4 Å². The molecule has 9 heteroatoms. The van der Waals surface area contributed by atoms with Gasteiger partial charge in [-0.05, 0) is 49.1 Å². The third kappa shape index (κ3) is 5.71. The highest BCUT2D eigenvalue weighted by Gasteiger charge is 2.25. The number of carbonyl (C=O) groups is 1. The smallest absolute Gasteiger partial charge is 0.256 e. The van der Waals surface area contributed by atoms with Gasteiger partial charge in [0.25, 0.3) is 5.91 Å². The summed E-state index contributed by atoms with van der Waals surface area (Å²) in [5.74, 6) is -0.153. The van der Waals surface area contributed by atoms with Gasteiger partial charge in [0.2, 0.25) is 10.0 Å². The highest BCUT2D eigenvalue weighted by atomic mass is 35.5. The molecule has 3 rings (SSSR count). The Morgan fingerprint density at radius 1 is 1.00 bits per heavy atom. The number of ether oxygens (including phenoxy) is 1. The summed E-state index contributed by atoms with van der Waals surface area (Å²) in [6.07, 6.45) is 4.49. The summed E-state index contributed by atoms with van der Waals surface area (Å²) in [6.45, 7) is 1.50. The van der Waals surface area contributed by atoms with Crippen molar-refractivity contribution in [2.24, 2.45) is 0 Å². The topological polar surface area (TPSA) is 75.7 Å². The van der Waals surface area contributed by atoms with Gasteiger partial charge in [-0.3, -0.25) is 4.79 Å². The molecule has 1 aliphatic rings. The van der Waals surface area contributed by atoms with Crippen molar-refractivity contribution in [3.8, 4) is 5.75 Å². The summed E-state index contributed by atoms with van der Waals surface area (Å²) in [6, 6.07) is 9.95. The molecule has 0 aliphatic carbocycles. The van der Waals surface area contributed by atoms with Crippen molar-refractivity contribution < 1.29 is 17.9 Å². The minimum absolute atomic E-state index is 0.190. The van der Waals surface area contributed by atoms with E-state index in [0.717, 1.165) is 31.2 Å². The van der Waals surface area contributed by atoms with Crippen LogP contribution >= 0.6 is 23.2 Å². The van der Waals surface area contributed by atoms with E-state index in [4.69, 9.17) is 27.9 Å². The van der Waals surface area contributed by atoms with Gasteiger partial charge < -0.3 is 10.1 Å². The van der Waals surface area contributed by atoms with Crippen LogP contribution in [0.4, 0.5) is 0 Å². The minimum Gasteiger partial charge on any atom is -0.494 e. The Morgan fingerprint density at radius 2 is 1.61 bits per heavy atom. The van der Waals surface area contributed by atoms with Crippen molar-refractivity contribution in [2.75, 3.05) is 26.7 Å². The van der Waals surface area contributed by atoms with Crippen LogP contribution in [0.1, 0.15) is 41.6 Å². The summed E-state index contributed by atoms with van der Waals surface area (Å²) >= 11 is 12.2. The number of methoxy groups -OCH3 is 1. The number of hydrogen-bond acceptors (Lipinski definition) is 4. The Morgan fingerprint density at radius 3 is 2.23 bits per heavy atom. The van der Waals surface area contributed by atoms with E-state index < -0.39 is 10.0 Å². The number of rotatable bonds is 7. The number of nitrogens with zero attached hydrogens (tertiary/aromatic N) is 1. The maximum absolute atomic E-state index is 12.9. The SMILES string of the molecule is COc1c(Cl)ccc(Cl)c1C(=O)NCCc1ccc(S(=O)(=O)N2CCCCCC2)cc1. The number of halogens is 2. The predicted molar refractivity (Wildman–Crippen MR) is 123 cm³/mol. The van der Waals surface area contributed by atoms with Gasteiger partial charge in [-0.25, -0.2) is 8.42 Å². The van der Waals surface area contributed by atoms with E-state index in [2.05, 4.69) is 5.32 Å². The highest BCUT2D eigenvalue weighted by Crippen LogP contribution is 2.33. The summed E-state index contributed by atoms with van der Waals surface area (Å²) in [7, 11) is -2.04. The minimum atomic E-state index is -3.47. The van der Waals surface area contributed by atoms with Crippen LogP contribution in [0.2, 0.25) is 10.0 Å². The Bertz CT molecular complexity index is 1020. The molecule has 1 amide bonds. The maximum atomic E-state index is 12.9. The number of amides is 1. The van der Waals surface area contributed by atoms with E-state index >= 15 is 0 Å². The lowest BCUT2D eigenvalue weighted by Gasteiger charge is -2.20. The molecule has 0 unspecified atom stereocenters. The van der Waals surface area contributed by atoms with Crippen LogP contribution in [0.5, 0.6) is 5.75 Å². The fraction of sp³-hybridized carbons (Fsp3) is 0.409. The van der Waals surface area contributed by atoms with Crippen LogP contribution in [-0.2, 0) is 16.4 Å². The standard InChI is InChI=1S/C22H26Cl2N2O4S/c1-30-21-19(24)11-10-18(23)20(21)22(27)25-13-12-16-6-8-17(9-7-16)31(28,29)26-14-4-2-3-5-15-26/h6-11H,2-5,12-15H2,1H3,(H,25,27). The zero-order chi connectivity index (χ0) is 22.4. The second kappa shape index (κ2) is 10.7. The molecule has 1 fully saturated rings. The highest BCUT2D eigenvalue weighted by molar-refractivity contribution is 7.89. The zero-order valence-electron chi connectivity index (χ0n) is 17.4. The van der Waals surface area contributed by atoms with Crippen LogP contribution in [0.15, 0.2) is 41.3 Å². The lowest BCUT2D eigenvalue weighted by molar-refractivity contribution is 0.0951. The van der Waals surface area contributed by atoms with Gasteiger partial charge in [-0.15, -0.1) is 0 Å². The molecular weight excluding hydrogens is 459 g/mol. The second-order valence-electron chi connectivity index (χ2n) is 7.41.